The summed E-state index contributed by atoms with van der Waals surface area (Å²) in [7, 11) is 0. The van der Waals surface area contributed by atoms with Crippen molar-refractivity contribution in [3.05, 3.63) is 53.3 Å². The van der Waals surface area contributed by atoms with Crippen molar-refractivity contribution in [2.75, 3.05) is 0 Å². The molecule has 21 heavy (non-hydrogen) atoms. The van der Waals surface area contributed by atoms with E-state index in [0.717, 1.165) is 27.7 Å². The van der Waals surface area contributed by atoms with Crippen LogP contribution in [0, 0.1) is 0 Å². The van der Waals surface area contributed by atoms with E-state index in [1.807, 2.05) is 36.5 Å². The normalized spacial score (nSPS) is 10.7. The zero-order valence-corrected chi connectivity index (χ0v) is 11.7. The summed E-state index contributed by atoms with van der Waals surface area (Å²) in [5.41, 5.74) is 3.55. The van der Waals surface area contributed by atoms with E-state index in [1.165, 1.54) is 0 Å². The summed E-state index contributed by atoms with van der Waals surface area (Å²) in [6, 6.07) is 9.48. The van der Waals surface area contributed by atoms with Crippen LogP contribution in [0.2, 0.25) is 5.02 Å². The van der Waals surface area contributed by atoms with Crippen molar-refractivity contribution in [2.24, 2.45) is 0 Å². The van der Waals surface area contributed by atoms with Gasteiger partial charge in [0.05, 0.1) is 0 Å². The van der Waals surface area contributed by atoms with Crippen LogP contribution in [-0.4, -0.2) is 21.2 Å². The van der Waals surface area contributed by atoms with Gasteiger partial charge in [-0.2, -0.15) is 0 Å². The van der Waals surface area contributed by atoms with Crippen LogP contribution in [0.1, 0.15) is 5.56 Å². The fraction of sp³-hybridized carbons (Fsp3) is 0.0667. The van der Waals surface area contributed by atoms with Crippen LogP contribution in [0.15, 0.2) is 42.7 Å². The fourth-order valence-electron chi connectivity index (χ4n) is 2.24. The maximum atomic E-state index is 10.5. The molecule has 3 rings (SSSR count). The van der Waals surface area contributed by atoms with Crippen molar-refractivity contribution in [1.82, 2.24) is 15.3 Å². The van der Waals surface area contributed by atoms with Crippen LogP contribution in [-0.2, 0) is 6.54 Å². The highest BCUT2D eigenvalue weighted by molar-refractivity contribution is 6.31. The molecule has 0 spiro atoms. The molecule has 2 heterocycles. The number of amides is 1. The van der Waals surface area contributed by atoms with Crippen molar-refractivity contribution < 1.29 is 9.90 Å². The lowest BCUT2D eigenvalue weighted by molar-refractivity contribution is 0.194. The Bertz CT molecular complexity index is 814. The molecule has 5 nitrogen and oxygen atoms in total. The number of hydrogen-bond donors (Lipinski definition) is 3. The Hall–Kier alpha value is -2.53. The molecule has 0 aliphatic rings. The summed E-state index contributed by atoms with van der Waals surface area (Å²) < 4.78 is 0. The standard InChI is InChI=1S/C15H12ClN3O2/c16-13-7-9(1-2-10(13)8-19-15(20)21)11-3-5-17-14-12(11)4-6-18-14/h1-7,19H,8H2,(H,17,18)(H,20,21). The average molecular weight is 302 g/mol. The number of pyridine rings is 1. The van der Waals surface area contributed by atoms with Gasteiger partial charge in [-0.05, 0) is 34.9 Å². The molecule has 0 atom stereocenters. The predicted octanol–water partition coefficient (Wildman–Crippen LogP) is 3.65. The Morgan fingerprint density at radius 2 is 2.19 bits per heavy atom. The highest BCUT2D eigenvalue weighted by Crippen LogP contribution is 2.30. The van der Waals surface area contributed by atoms with Crippen LogP contribution in [0.4, 0.5) is 4.79 Å². The van der Waals surface area contributed by atoms with Gasteiger partial charge in [0.15, 0.2) is 0 Å². The zero-order chi connectivity index (χ0) is 14.8. The van der Waals surface area contributed by atoms with Crippen LogP contribution >= 0.6 is 11.6 Å². The molecule has 0 bridgehead atoms. The second-order valence-electron chi connectivity index (χ2n) is 4.56. The monoisotopic (exact) mass is 301 g/mol. The summed E-state index contributed by atoms with van der Waals surface area (Å²) in [5.74, 6) is 0. The number of carboxylic acid groups (broad SMARTS) is 1. The highest BCUT2D eigenvalue weighted by atomic mass is 35.5. The third-order valence-electron chi connectivity index (χ3n) is 3.25. The molecule has 1 amide bonds. The number of aromatic nitrogens is 2. The SMILES string of the molecule is O=C(O)NCc1ccc(-c2ccnc3[nH]ccc23)cc1Cl. The van der Waals surface area contributed by atoms with E-state index in [4.69, 9.17) is 16.7 Å². The first-order valence-corrected chi connectivity index (χ1v) is 6.70. The van der Waals surface area contributed by atoms with Gasteiger partial charge in [0.2, 0.25) is 0 Å². The number of rotatable bonds is 3. The Morgan fingerprint density at radius 1 is 1.33 bits per heavy atom. The summed E-state index contributed by atoms with van der Waals surface area (Å²) >= 11 is 6.23. The van der Waals surface area contributed by atoms with E-state index in [9.17, 15) is 4.79 Å². The summed E-state index contributed by atoms with van der Waals surface area (Å²) in [4.78, 5) is 17.8. The lowest BCUT2D eigenvalue weighted by atomic mass is 10.0. The molecule has 6 heteroatoms. The molecule has 3 N–H and O–H groups in total. The largest absolute Gasteiger partial charge is 0.465 e. The van der Waals surface area contributed by atoms with E-state index in [0.29, 0.717) is 5.02 Å². The second kappa shape index (κ2) is 5.46. The van der Waals surface area contributed by atoms with Crippen LogP contribution in [0.5, 0.6) is 0 Å². The van der Waals surface area contributed by atoms with Gasteiger partial charge in [0.25, 0.3) is 0 Å². The van der Waals surface area contributed by atoms with E-state index in [2.05, 4.69) is 15.3 Å². The minimum Gasteiger partial charge on any atom is -0.465 e. The smallest absolute Gasteiger partial charge is 0.404 e. The average Bonchev–Trinajstić information content (AvgIpc) is 2.94. The fourth-order valence-corrected chi connectivity index (χ4v) is 2.49. The summed E-state index contributed by atoms with van der Waals surface area (Å²) in [5, 5.41) is 12.5. The lowest BCUT2D eigenvalue weighted by Crippen LogP contribution is -2.20. The van der Waals surface area contributed by atoms with Gasteiger partial charge >= 0.3 is 6.09 Å². The molecule has 0 saturated carbocycles. The molecule has 0 saturated heterocycles. The van der Waals surface area contributed by atoms with Gasteiger partial charge in [0.1, 0.15) is 5.65 Å². The predicted molar refractivity (Wildman–Crippen MR) is 81.4 cm³/mol. The maximum absolute atomic E-state index is 10.5. The van der Waals surface area contributed by atoms with E-state index < -0.39 is 6.09 Å². The first-order chi connectivity index (χ1) is 10.1. The summed E-state index contributed by atoms with van der Waals surface area (Å²) in [6.07, 6.45) is 2.51. The Morgan fingerprint density at radius 3 is 2.95 bits per heavy atom. The molecular formula is C15H12ClN3O2. The van der Waals surface area contributed by atoms with E-state index in [-0.39, 0.29) is 6.54 Å². The molecule has 0 aliphatic heterocycles. The minimum atomic E-state index is -1.07. The Balaban J connectivity index is 1.98. The van der Waals surface area contributed by atoms with Crippen molar-refractivity contribution in [2.45, 2.75) is 6.54 Å². The third-order valence-corrected chi connectivity index (χ3v) is 3.61. The zero-order valence-electron chi connectivity index (χ0n) is 10.9. The number of nitrogens with one attached hydrogen (secondary N) is 2. The van der Waals surface area contributed by atoms with Crippen LogP contribution < -0.4 is 5.32 Å². The topological polar surface area (TPSA) is 78.0 Å². The molecule has 0 unspecified atom stereocenters. The number of halogens is 1. The van der Waals surface area contributed by atoms with Gasteiger partial charge in [-0.15, -0.1) is 0 Å². The molecular weight excluding hydrogens is 290 g/mol. The van der Waals surface area contributed by atoms with Crippen molar-refractivity contribution in [1.29, 1.82) is 0 Å². The molecule has 1 aromatic carbocycles. The number of benzene rings is 1. The number of hydrogen-bond acceptors (Lipinski definition) is 2. The lowest BCUT2D eigenvalue weighted by Gasteiger charge is -2.08. The van der Waals surface area contributed by atoms with Gasteiger partial charge in [0, 0.05) is 29.3 Å². The summed E-state index contributed by atoms with van der Waals surface area (Å²) in [6.45, 7) is 0.185. The molecule has 0 aliphatic carbocycles. The van der Waals surface area contributed by atoms with Crippen molar-refractivity contribution >= 4 is 28.7 Å². The highest BCUT2D eigenvalue weighted by Gasteiger charge is 2.08. The van der Waals surface area contributed by atoms with Crippen LogP contribution in [0.3, 0.4) is 0 Å². The molecule has 2 aromatic heterocycles. The minimum absolute atomic E-state index is 0.185. The maximum Gasteiger partial charge on any atom is 0.404 e. The number of aromatic amines is 1. The van der Waals surface area contributed by atoms with Crippen molar-refractivity contribution in [3.63, 3.8) is 0 Å². The molecule has 3 aromatic rings. The van der Waals surface area contributed by atoms with E-state index in [1.54, 1.807) is 6.20 Å². The van der Waals surface area contributed by atoms with Gasteiger partial charge in [-0.25, -0.2) is 9.78 Å². The quantitative estimate of drug-likeness (QED) is 0.691. The molecule has 106 valence electrons. The number of H-pyrrole nitrogens is 1. The van der Waals surface area contributed by atoms with Crippen molar-refractivity contribution in [3.8, 4) is 11.1 Å². The third kappa shape index (κ3) is 2.68. The van der Waals surface area contributed by atoms with Gasteiger partial charge in [-0.3, -0.25) is 0 Å². The number of fused-ring (bicyclic) bond motifs is 1. The first-order valence-electron chi connectivity index (χ1n) is 6.33. The molecule has 0 radical (unpaired) electrons. The van der Waals surface area contributed by atoms with Gasteiger partial charge in [-0.1, -0.05) is 23.7 Å². The Kier molecular flexibility index (Phi) is 3.50. The first kappa shape index (κ1) is 13.5. The van der Waals surface area contributed by atoms with E-state index >= 15 is 0 Å². The Labute approximate surface area is 125 Å². The molecule has 0 fully saturated rings. The second-order valence-corrected chi connectivity index (χ2v) is 4.97. The number of nitrogens with zero attached hydrogens (tertiary/aromatic N) is 1. The number of carbonyl (C=O) groups is 1. The van der Waals surface area contributed by atoms with Crippen LogP contribution in [0.25, 0.3) is 22.2 Å². The van der Waals surface area contributed by atoms with Gasteiger partial charge < -0.3 is 15.4 Å².